The number of amidine groups is 1. The highest BCUT2D eigenvalue weighted by Crippen LogP contribution is 1.87. The van der Waals surface area contributed by atoms with Crippen molar-refractivity contribution in [2.24, 2.45) is 5.10 Å². The maximum absolute atomic E-state index is 5.25. The van der Waals surface area contributed by atoms with E-state index in [-0.39, 0.29) is 6.10 Å². The Labute approximate surface area is 59.8 Å². The lowest BCUT2D eigenvalue weighted by atomic mass is 10.5. The minimum atomic E-state index is 0.241. The fraction of sp³-hybridized carbons (Fsp3) is 0.800. The van der Waals surface area contributed by atoms with Crippen LogP contribution >= 0.6 is 0 Å². The van der Waals surface area contributed by atoms with Gasteiger partial charge in [-0.3, -0.25) is 5.43 Å². The van der Waals surface area contributed by atoms with E-state index in [2.05, 4.69) is 21.6 Å². The number of hydrogen-bond donors (Lipinski definition) is 3. The topological polar surface area (TPSA) is 57.7 Å². The molecular weight excluding hydrogens is 132 g/mol. The van der Waals surface area contributed by atoms with Crippen LogP contribution in [-0.4, -0.2) is 18.5 Å². The molecule has 1 rings (SSSR count). The molecule has 1 aliphatic heterocycles. The Bertz CT molecular complexity index is 134. The summed E-state index contributed by atoms with van der Waals surface area (Å²) in [7, 11) is 0. The number of nitrogens with zero attached hydrogens (tertiary/aromatic N) is 1. The van der Waals surface area contributed by atoms with Crippen LogP contribution in [0.5, 0.6) is 0 Å². The Morgan fingerprint density at radius 1 is 1.60 bits per heavy atom. The summed E-state index contributed by atoms with van der Waals surface area (Å²) in [4.78, 5) is 0. The smallest absolute Gasteiger partial charge is 0.165 e. The molecule has 0 saturated carbocycles. The molecule has 5 nitrogen and oxygen atoms in total. The molecule has 0 bridgehead atoms. The van der Waals surface area contributed by atoms with Crippen LogP contribution in [0.15, 0.2) is 5.10 Å². The number of rotatable bonds is 3. The molecule has 0 amide bonds. The van der Waals surface area contributed by atoms with E-state index in [1.807, 2.05) is 13.8 Å². The molecule has 10 heavy (non-hydrogen) atoms. The van der Waals surface area contributed by atoms with Crippen molar-refractivity contribution in [1.82, 2.24) is 16.5 Å². The average molecular weight is 144 g/mol. The second-order valence-electron chi connectivity index (χ2n) is 2.28. The third kappa shape index (κ3) is 2.20. The molecule has 5 heteroatoms. The average Bonchev–Trinajstić information content (AvgIpc) is 2.34. The summed E-state index contributed by atoms with van der Waals surface area (Å²) >= 11 is 0. The van der Waals surface area contributed by atoms with Crippen LogP contribution in [0.1, 0.15) is 13.8 Å². The molecule has 0 aromatic rings. The summed E-state index contributed by atoms with van der Waals surface area (Å²) < 4.78 is 5.25. The first-order chi connectivity index (χ1) is 4.79. The van der Waals surface area contributed by atoms with Crippen molar-refractivity contribution in [3.8, 4) is 0 Å². The molecule has 0 radical (unpaired) electrons. The summed E-state index contributed by atoms with van der Waals surface area (Å²) in [6, 6.07) is 0. The molecule has 58 valence electrons. The van der Waals surface area contributed by atoms with Gasteiger partial charge in [0.15, 0.2) is 5.84 Å². The molecule has 0 spiro atoms. The van der Waals surface area contributed by atoms with Crippen LogP contribution < -0.4 is 16.5 Å². The van der Waals surface area contributed by atoms with Gasteiger partial charge in [-0.2, -0.15) is 0 Å². The number of hydrazine groups is 2. The Morgan fingerprint density at radius 2 is 2.40 bits per heavy atom. The van der Waals surface area contributed by atoms with Crippen LogP contribution in [0, 0.1) is 0 Å². The summed E-state index contributed by atoms with van der Waals surface area (Å²) in [5, 5.41) is 3.83. The highest BCUT2D eigenvalue weighted by atomic mass is 16.5. The number of hydrazone groups is 1. The largest absolute Gasteiger partial charge is 0.371 e. The van der Waals surface area contributed by atoms with Gasteiger partial charge in [0.2, 0.25) is 0 Å². The van der Waals surface area contributed by atoms with Crippen molar-refractivity contribution in [3.63, 3.8) is 0 Å². The lowest BCUT2D eigenvalue weighted by molar-refractivity contribution is 0.109. The van der Waals surface area contributed by atoms with Crippen molar-refractivity contribution in [1.29, 1.82) is 0 Å². The maximum Gasteiger partial charge on any atom is 0.165 e. The number of hydrogen-bond acceptors (Lipinski definition) is 5. The molecular formula is C5H12N4O. The molecule has 1 heterocycles. The molecule has 0 atom stereocenters. The Kier molecular flexibility index (Phi) is 2.47. The van der Waals surface area contributed by atoms with Gasteiger partial charge in [-0.05, 0) is 13.8 Å². The predicted octanol–water partition coefficient (Wildman–Crippen LogP) is -0.663. The number of nitrogens with one attached hydrogen (secondary N) is 3. The molecule has 3 N–H and O–H groups in total. The van der Waals surface area contributed by atoms with Crippen molar-refractivity contribution >= 4 is 5.84 Å². The SMILES string of the molecule is CC(C)OCC1=NNNN1. The first-order valence-electron chi connectivity index (χ1n) is 3.23. The minimum absolute atomic E-state index is 0.241. The Hall–Kier alpha value is -0.810. The van der Waals surface area contributed by atoms with E-state index in [0.29, 0.717) is 6.61 Å². The molecule has 0 aromatic carbocycles. The van der Waals surface area contributed by atoms with Crippen LogP contribution in [0.3, 0.4) is 0 Å². The second-order valence-corrected chi connectivity index (χ2v) is 2.28. The van der Waals surface area contributed by atoms with E-state index in [0.717, 1.165) is 5.84 Å². The Balaban J connectivity index is 2.13. The fourth-order valence-electron chi connectivity index (χ4n) is 0.537. The first-order valence-corrected chi connectivity index (χ1v) is 3.23. The van der Waals surface area contributed by atoms with Crippen LogP contribution in [0.4, 0.5) is 0 Å². The quantitative estimate of drug-likeness (QED) is 0.492. The van der Waals surface area contributed by atoms with Gasteiger partial charge in [0.1, 0.15) is 6.61 Å². The highest BCUT2D eigenvalue weighted by molar-refractivity contribution is 5.83. The van der Waals surface area contributed by atoms with Crippen molar-refractivity contribution in [3.05, 3.63) is 0 Å². The molecule has 0 aromatic heterocycles. The fourth-order valence-corrected chi connectivity index (χ4v) is 0.537. The zero-order chi connectivity index (χ0) is 7.40. The summed E-state index contributed by atoms with van der Waals surface area (Å²) in [6.07, 6.45) is 0.241. The second kappa shape index (κ2) is 3.38. The van der Waals surface area contributed by atoms with E-state index in [4.69, 9.17) is 4.74 Å². The van der Waals surface area contributed by atoms with Gasteiger partial charge in [-0.25, -0.2) is 5.53 Å². The first kappa shape index (κ1) is 7.30. The third-order valence-corrected chi connectivity index (χ3v) is 1.01. The normalized spacial score (nSPS) is 16.5. The lowest BCUT2D eigenvalue weighted by Gasteiger charge is -2.05. The molecule has 0 unspecified atom stereocenters. The van der Waals surface area contributed by atoms with Crippen molar-refractivity contribution < 1.29 is 4.74 Å². The van der Waals surface area contributed by atoms with E-state index in [1.54, 1.807) is 0 Å². The zero-order valence-corrected chi connectivity index (χ0v) is 6.14. The maximum atomic E-state index is 5.25. The van der Waals surface area contributed by atoms with Crippen LogP contribution in [0.25, 0.3) is 0 Å². The summed E-state index contributed by atoms with van der Waals surface area (Å²) in [6.45, 7) is 4.48. The van der Waals surface area contributed by atoms with Gasteiger partial charge in [0.25, 0.3) is 0 Å². The van der Waals surface area contributed by atoms with Gasteiger partial charge < -0.3 is 4.74 Å². The van der Waals surface area contributed by atoms with Gasteiger partial charge in [0, 0.05) is 0 Å². The zero-order valence-electron chi connectivity index (χ0n) is 6.14. The van der Waals surface area contributed by atoms with Crippen molar-refractivity contribution in [2.75, 3.05) is 6.61 Å². The molecule has 0 saturated heterocycles. The van der Waals surface area contributed by atoms with Gasteiger partial charge >= 0.3 is 0 Å². The highest BCUT2D eigenvalue weighted by Gasteiger charge is 2.04. The van der Waals surface area contributed by atoms with Crippen molar-refractivity contribution in [2.45, 2.75) is 20.0 Å². The van der Waals surface area contributed by atoms with Crippen LogP contribution in [0.2, 0.25) is 0 Å². The van der Waals surface area contributed by atoms with Gasteiger partial charge in [-0.15, -0.1) is 10.6 Å². The van der Waals surface area contributed by atoms with E-state index >= 15 is 0 Å². The van der Waals surface area contributed by atoms with Gasteiger partial charge in [-0.1, -0.05) is 0 Å². The lowest BCUT2D eigenvalue weighted by Crippen LogP contribution is -2.36. The monoisotopic (exact) mass is 144 g/mol. The molecule has 1 aliphatic rings. The minimum Gasteiger partial charge on any atom is -0.371 e. The third-order valence-electron chi connectivity index (χ3n) is 1.01. The van der Waals surface area contributed by atoms with E-state index in [1.165, 1.54) is 0 Å². The summed E-state index contributed by atoms with van der Waals surface area (Å²) in [5.74, 6) is 0.772. The van der Waals surface area contributed by atoms with Crippen LogP contribution in [-0.2, 0) is 4.74 Å². The number of ether oxygens (including phenoxy) is 1. The Morgan fingerprint density at radius 3 is 2.90 bits per heavy atom. The molecule has 0 aliphatic carbocycles. The standard InChI is InChI=1S/C5H12N4O/c1-4(2)10-3-5-6-8-9-7-5/h4,8-9H,3H2,1-2H3,(H,6,7). The predicted molar refractivity (Wildman–Crippen MR) is 37.9 cm³/mol. The molecule has 0 fully saturated rings. The van der Waals surface area contributed by atoms with E-state index in [9.17, 15) is 0 Å². The van der Waals surface area contributed by atoms with E-state index < -0.39 is 0 Å². The summed E-state index contributed by atoms with van der Waals surface area (Å²) in [5.41, 5.74) is 7.93. The van der Waals surface area contributed by atoms with Gasteiger partial charge in [0.05, 0.1) is 6.10 Å².